The number of aromatic amines is 1. The number of hydrogen-bond acceptors (Lipinski definition) is 5. The van der Waals surface area contributed by atoms with Crippen LogP contribution in [0, 0.1) is 5.41 Å². The molecule has 0 aliphatic carbocycles. The van der Waals surface area contributed by atoms with Crippen molar-refractivity contribution in [3.63, 3.8) is 0 Å². The number of aromatic nitrogens is 4. The molecule has 0 spiro atoms. The zero-order chi connectivity index (χ0) is 21.0. The van der Waals surface area contributed by atoms with Crippen LogP contribution in [0.2, 0.25) is 0 Å². The largest absolute Gasteiger partial charge is 0.463 e. The minimum absolute atomic E-state index is 0.203. The number of anilines is 1. The molecule has 0 aliphatic rings. The predicted molar refractivity (Wildman–Crippen MR) is 116 cm³/mol. The fourth-order valence-corrected chi connectivity index (χ4v) is 3.06. The first-order valence-electron chi connectivity index (χ1n) is 10.2. The second kappa shape index (κ2) is 8.68. The van der Waals surface area contributed by atoms with Crippen molar-refractivity contribution in [2.24, 2.45) is 5.41 Å². The van der Waals surface area contributed by atoms with E-state index >= 15 is 0 Å². The van der Waals surface area contributed by atoms with Gasteiger partial charge in [-0.25, -0.2) is 4.79 Å². The average molecular weight is 398 g/mol. The highest BCUT2D eigenvalue weighted by Gasteiger charge is 2.15. The van der Waals surface area contributed by atoms with Gasteiger partial charge < -0.3 is 15.5 Å². The van der Waals surface area contributed by atoms with Crippen molar-refractivity contribution in [2.75, 3.05) is 12.3 Å². The first kappa shape index (κ1) is 20.9. The summed E-state index contributed by atoms with van der Waals surface area (Å²) in [5, 5.41) is 0. The number of H-pyrrole nitrogens is 1. The van der Waals surface area contributed by atoms with Crippen LogP contribution in [0.25, 0.3) is 11.2 Å². The van der Waals surface area contributed by atoms with E-state index in [2.05, 4.69) is 66.9 Å². The van der Waals surface area contributed by atoms with E-state index in [0.29, 0.717) is 29.7 Å². The molecule has 7 heteroatoms. The molecule has 1 aromatic carbocycles. The smallest absolute Gasteiger partial charge is 0.328 e. The van der Waals surface area contributed by atoms with Crippen molar-refractivity contribution >= 4 is 17.0 Å². The molecule has 0 aliphatic heterocycles. The summed E-state index contributed by atoms with van der Waals surface area (Å²) < 4.78 is 7.16. The van der Waals surface area contributed by atoms with Gasteiger partial charge in [0.15, 0.2) is 11.5 Å². The van der Waals surface area contributed by atoms with E-state index in [4.69, 9.17) is 10.5 Å². The van der Waals surface area contributed by atoms with Crippen molar-refractivity contribution < 1.29 is 4.74 Å². The number of benzene rings is 1. The van der Waals surface area contributed by atoms with E-state index < -0.39 is 0 Å². The minimum Gasteiger partial charge on any atom is -0.463 e. The van der Waals surface area contributed by atoms with Crippen LogP contribution in [0.4, 0.5) is 5.82 Å². The number of nitrogens with zero attached hydrogens (tertiary/aromatic N) is 3. The van der Waals surface area contributed by atoms with Crippen molar-refractivity contribution in [3.05, 3.63) is 45.9 Å². The Morgan fingerprint density at radius 3 is 2.48 bits per heavy atom. The molecule has 156 valence electrons. The Bertz CT molecular complexity index is 1010. The molecule has 2 aromatic heterocycles. The van der Waals surface area contributed by atoms with Gasteiger partial charge >= 0.3 is 11.7 Å². The molecule has 3 rings (SSSR count). The molecular weight excluding hydrogens is 366 g/mol. The summed E-state index contributed by atoms with van der Waals surface area (Å²) in [6.07, 6.45) is 4.09. The Morgan fingerprint density at radius 2 is 1.83 bits per heavy atom. The number of hydrogen-bond donors (Lipinski definition) is 2. The second-order valence-electron chi connectivity index (χ2n) is 8.69. The Kier molecular flexibility index (Phi) is 6.25. The van der Waals surface area contributed by atoms with Crippen LogP contribution in [0.1, 0.15) is 58.1 Å². The van der Waals surface area contributed by atoms with Crippen molar-refractivity contribution in [1.29, 1.82) is 0 Å². The van der Waals surface area contributed by atoms with Crippen molar-refractivity contribution in [2.45, 2.75) is 59.9 Å². The van der Waals surface area contributed by atoms with Crippen LogP contribution in [0.3, 0.4) is 0 Å². The SMILES string of the molecule is CCCCOc1nc(N)c2[nH]c(=O)n(Cc3ccc(CCC(C)(C)C)cc3)c2n1. The zero-order valence-electron chi connectivity index (χ0n) is 17.8. The second-order valence-corrected chi connectivity index (χ2v) is 8.69. The maximum atomic E-state index is 12.5. The quantitative estimate of drug-likeness (QED) is 0.562. The molecule has 3 aromatic rings. The average Bonchev–Trinajstić information content (AvgIpc) is 2.97. The summed E-state index contributed by atoms with van der Waals surface area (Å²) in [4.78, 5) is 23.8. The lowest BCUT2D eigenvalue weighted by molar-refractivity contribution is 0.286. The van der Waals surface area contributed by atoms with Gasteiger partial charge in [0.25, 0.3) is 0 Å². The first-order chi connectivity index (χ1) is 13.8. The number of aryl methyl sites for hydroxylation is 1. The van der Waals surface area contributed by atoms with Crippen LogP contribution in [0.15, 0.2) is 29.1 Å². The van der Waals surface area contributed by atoms with Gasteiger partial charge in [-0.1, -0.05) is 58.4 Å². The fraction of sp³-hybridized carbons (Fsp3) is 0.500. The predicted octanol–water partition coefficient (Wildman–Crippen LogP) is 3.91. The fourth-order valence-electron chi connectivity index (χ4n) is 3.06. The van der Waals surface area contributed by atoms with Crippen LogP contribution < -0.4 is 16.2 Å². The van der Waals surface area contributed by atoms with Gasteiger partial charge in [-0.2, -0.15) is 9.97 Å². The van der Waals surface area contributed by atoms with E-state index in [1.54, 1.807) is 4.57 Å². The van der Waals surface area contributed by atoms with E-state index in [0.717, 1.165) is 31.2 Å². The number of nitrogens with one attached hydrogen (secondary N) is 1. The highest BCUT2D eigenvalue weighted by molar-refractivity contribution is 5.81. The lowest BCUT2D eigenvalue weighted by Gasteiger charge is -2.17. The molecule has 0 fully saturated rings. The van der Waals surface area contributed by atoms with E-state index in [9.17, 15) is 4.79 Å². The zero-order valence-corrected chi connectivity index (χ0v) is 17.8. The summed E-state index contributed by atoms with van der Waals surface area (Å²) in [7, 11) is 0. The lowest BCUT2D eigenvalue weighted by atomic mass is 9.88. The number of unbranched alkanes of at least 4 members (excludes halogenated alkanes) is 1. The van der Waals surface area contributed by atoms with Crippen molar-refractivity contribution in [3.8, 4) is 6.01 Å². The molecule has 29 heavy (non-hydrogen) atoms. The van der Waals surface area contributed by atoms with E-state index in [1.165, 1.54) is 5.56 Å². The highest BCUT2D eigenvalue weighted by Crippen LogP contribution is 2.22. The van der Waals surface area contributed by atoms with Gasteiger partial charge in [-0.3, -0.25) is 4.57 Å². The lowest BCUT2D eigenvalue weighted by Crippen LogP contribution is -2.18. The van der Waals surface area contributed by atoms with Crippen molar-refractivity contribution in [1.82, 2.24) is 19.5 Å². The summed E-state index contributed by atoms with van der Waals surface area (Å²) >= 11 is 0. The number of imidazole rings is 1. The van der Waals surface area contributed by atoms with Crippen LogP contribution in [-0.2, 0) is 13.0 Å². The maximum absolute atomic E-state index is 12.5. The van der Waals surface area contributed by atoms with Crippen LogP contribution in [-0.4, -0.2) is 26.1 Å². The highest BCUT2D eigenvalue weighted by atomic mass is 16.5. The Labute approximate surface area is 171 Å². The number of rotatable bonds is 8. The van der Waals surface area contributed by atoms with Gasteiger partial charge in [-0.05, 0) is 35.8 Å². The van der Waals surface area contributed by atoms with Gasteiger partial charge in [0.2, 0.25) is 0 Å². The molecule has 0 saturated carbocycles. The summed E-state index contributed by atoms with van der Waals surface area (Å²) in [6.45, 7) is 9.76. The van der Waals surface area contributed by atoms with Gasteiger partial charge in [0.1, 0.15) is 5.52 Å². The summed E-state index contributed by atoms with van der Waals surface area (Å²) in [5.41, 5.74) is 9.30. The maximum Gasteiger partial charge on any atom is 0.328 e. The van der Waals surface area contributed by atoms with Gasteiger partial charge in [0.05, 0.1) is 13.2 Å². The molecule has 0 bridgehead atoms. The topological polar surface area (TPSA) is 98.8 Å². The Morgan fingerprint density at radius 1 is 1.14 bits per heavy atom. The Balaban J connectivity index is 1.82. The molecular formula is C22H31N5O2. The monoisotopic (exact) mass is 397 g/mol. The molecule has 2 heterocycles. The molecule has 0 amide bonds. The molecule has 0 atom stereocenters. The summed E-state index contributed by atoms with van der Waals surface area (Å²) in [6, 6.07) is 8.58. The molecule has 7 nitrogen and oxygen atoms in total. The molecule has 3 N–H and O–H groups in total. The summed E-state index contributed by atoms with van der Waals surface area (Å²) in [5.74, 6) is 0.217. The van der Waals surface area contributed by atoms with Crippen LogP contribution in [0.5, 0.6) is 6.01 Å². The van der Waals surface area contributed by atoms with Gasteiger partial charge in [-0.15, -0.1) is 0 Å². The van der Waals surface area contributed by atoms with E-state index in [1.807, 2.05) is 0 Å². The first-order valence-corrected chi connectivity index (χ1v) is 10.2. The number of nitrogens with two attached hydrogens (primary N) is 1. The minimum atomic E-state index is -0.261. The van der Waals surface area contributed by atoms with Gasteiger partial charge in [0, 0.05) is 0 Å². The molecule has 0 radical (unpaired) electrons. The Hall–Kier alpha value is -2.83. The normalized spacial score (nSPS) is 11.9. The van der Waals surface area contributed by atoms with Crippen LogP contribution >= 0.6 is 0 Å². The number of nitrogen functional groups attached to an aromatic ring is 1. The molecule has 0 saturated heterocycles. The third-order valence-electron chi connectivity index (χ3n) is 4.89. The number of fused-ring (bicyclic) bond motifs is 1. The number of ether oxygens (including phenoxy) is 1. The van der Waals surface area contributed by atoms with E-state index in [-0.39, 0.29) is 17.5 Å². The molecule has 0 unspecified atom stereocenters. The standard InChI is InChI=1S/C22H31N5O2/c1-5-6-13-29-20-25-18(23)17-19(26-20)27(21(28)24-17)14-16-9-7-15(8-10-16)11-12-22(2,3)4/h7-10H,5-6,11-14H2,1-4H3,(H,24,28)(H2,23,25,26). The third-order valence-corrected chi connectivity index (χ3v) is 4.89. The third kappa shape index (κ3) is 5.37.